The molecule has 4 aliphatic rings. The average molecular weight is 699 g/mol. The number of hydrogen-bond acceptors (Lipinski definition) is 8. The first-order chi connectivity index (χ1) is 23.1. The fourth-order valence-electron chi connectivity index (χ4n) is 7.44. The van der Waals surface area contributed by atoms with Gasteiger partial charge < -0.3 is 33.6 Å². The second kappa shape index (κ2) is 13.0. The Bertz CT molecular complexity index is 1720. The number of methoxy groups -OCH3 is 2. The Balaban J connectivity index is 1.16. The molecule has 0 aromatic heterocycles. The molecule has 0 radical (unpaired) electrons. The summed E-state index contributed by atoms with van der Waals surface area (Å²) in [6, 6.07) is 12.1. The SMILES string of the molecule is COC(=O)c1cc(F)c(-c2cccc3c2OCN(C(=O)c2c(Cl)cc(N4CCC(C)(OC)CC4)cc2Cl)C3)cc1N1C2CCC1COC2. The predicted octanol–water partition coefficient (Wildman–Crippen LogP) is 6.95. The van der Waals surface area contributed by atoms with Gasteiger partial charge in [-0.1, -0.05) is 41.4 Å². The van der Waals surface area contributed by atoms with Gasteiger partial charge in [-0.05, 0) is 56.9 Å². The van der Waals surface area contributed by atoms with Gasteiger partial charge in [0.1, 0.15) is 11.6 Å². The van der Waals surface area contributed by atoms with Crippen LogP contribution in [0.5, 0.6) is 5.75 Å². The number of hydrogen-bond donors (Lipinski definition) is 0. The van der Waals surface area contributed by atoms with Crippen LogP contribution in [0.1, 0.15) is 58.9 Å². The fraction of sp³-hybridized carbons (Fsp3) is 0.444. The summed E-state index contributed by atoms with van der Waals surface area (Å²) in [4.78, 5) is 32.5. The summed E-state index contributed by atoms with van der Waals surface area (Å²) in [7, 11) is 3.03. The topological polar surface area (TPSA) is 80.8 Å². The van der Waals surface area contributed by atoms with Crippen molar-refractivity contribution >= 4 is 46.5 Å². The van der Waals surface area contributed by atoms with Gasteiger partial charge in [0.2, 0.25) is 0 Å². The zero-order valence-corrected chi connectivity index (χ0v) is 28.7. The van der Waals surface area contributed by atoms with Crippen molar-refractivity contribution in [1.82, 2.24) is 4.90 Å². The third-order valence-electron chi connectivity index (χ3n) is 10.3. The molecule has 2 atom stereocenters. The number of para-hydroxylation sites is 1. The van der Waals surface area contributed by atoms with Gasteiger partial charge >= 0.3 is 5.97 Å². The van der Waals surface area contributed by atoms with Crippen molar-refractivity contribution in [2.24, 2.45) is 0 Å². The molecule has 48 heavy (non-hydrogen) atoms. The Morgan fingerprint density at radius 3 is 2.31 bits per heavy atom. The summed E-state index contributed by atoms with van der Waals surface area (Å²) < 4.78 is 38.5. The van der Waals surface area contributed by atoms with E-state index in [2.05, 4.69) is 16.7 Å². The first kappa shape index (κ1) is 33.0. The smallest absolute Gasteiger partial charge is 0.340 e. The molecule has 4 aliphatic heterocycles. The minimum Gasteiger partial charge on any atom is -0.472 e. The van der Waals surface area contributed by atoms with Crippen LogP contribution in [0.25, 0.3) is 11.1 Å². The highest BCUT2D eigenvalue weighted by atomic mass is 35.5. The Morgan fingerprint density at radius 2 is 1.67 bits per heavy atom. The van der Waals surface area contributed by atoms with Crippen LogP contribution in [-0.2, 0) is 20.8 Å². The minimum absolute atomic E-state index is 0.0820. The van der Waals surface area contributed by atoms with Crippen LogP contribution in [0, 0.1) is 5.82 Å². The number of fused-ring (bicyclic) bond motifs is 3. The maximum absolute atomic E-state index is 15.9. The van der Waals surface area contributed by atoms with Gasteiger partial charge in [-0.2, -0.15) is 0 Å². The summed E-state index contributed by atoms with van der Waals surface area (Å²) in [5, 5.41) is 0.527. The molecule has 0 N–H and O–H groups in total. The highest BCUT2D eigenvalue weighted by Gasteiger charge is 2.40. The molecule has 1 amide bonds. The van der Waals surface area contributed by atoms with E-state index in [-0.39, 0.29) is 58.0 Å². The normalized spacial score (nSPS) is 21.5. The van der Waals surface area contributed by atoms with Crippen LogP contribution in [0.2, 0.25) is 10.0 Å². The maximum Gasteiger partial charge on any atom is 0.340 e. The minimum atomic E-state index is -0.600. The number of benzene rings is 3. The van der Waals surface area contributed by atoms with E-state index in [0.29, 0.717) is 41.3 Å². The standard InChI is InChI=1S/C36H38Cl2FN3O6/c1-36(46-3)9-11-40(12-10-36)24-13-28(37)32(29(38)14-24)34(43)41-17-21-5-4-6-25(33(21)48-20-41)26-16-31(27(15-30(26)39)35(44)45-2)42-22-7-8-23(42)19-47-18-22/h4-6,13-16,22-23H,7-12,17-20H2,1-3H3. The summed E-state index contributed by atoms with van der Waals surface area (Å²) in [6.45, 7) is 4.88. The molecule has 12 heteroatoms. The molecule has 9 nitrogen and oxygen atoms in total. The number of nitrogens with zero attached hydrogens (tertiary/aromatic N) is 3. The third-order valence-corrected chi connectivity index (χ3v) is 10.9. The molecule has 4 heterocycles. The van der Waals surface area contributed by atoms with Crippen LogP contribution in [0.15, 0.2) is 42.5 Å². The molecule has 254 valence electrons. The van der Waals surface area contributed by atoms with E-state index < -0.39 is 11.8 Å². The molecular weight excluding hydrogens is 660 g/mol. The van der Waals surface area contributed by atoms with Crippen molar-refractivity contribution in [3.05, 3.63) is 75.0 Å². The number of carbonyl (C=O) groups is 2. The quantitative estimate of drug-likeness (QED) is 0.256. The summed E-state index contributed by atoms with van der Waals surface area (Å²) in [6.07, 6.45) is 3.57. The zero-order chi connectivity index (χ0) is 33.7. The van der Waals surface area contributed by atoms with E-state index >= 15 is 4.39 Å². The lowest BCUT2D eigenvalue weighted by molar-refractivity contribution is -0.0132. The molecule has 3 aromatic carbocycles. The fourth-order valence-corrected chi connectivity index (χ4v) is 8.08. The highest BCUT2D eigenvalue weighted by Crippen LogP contribution is 2.44. The summed E-state index contributed by atoms with van der Waals surface area (Å²) in [5.41, 5.74) is 3.22. The third kappa shape index (κ3) is 5.87. The van der Waals surface area contributed by atoms with Crippen LogP contribution >= 0.6 is 23.2 Å². The molecule has 3 saturated heterocycles. The number of esters is 1. The van der Waals surface area contributed by atoms with E-state index in [1.165, 1.54) is 18.1 Å². The highest BCUT2D eigenvalue weighted by molar-refractivity contribution is 6.40. The van der Waals surface area contributed by atoms with Crippen LogP contribution in [0.3, 0.4) is 0 Å². The monoisotopic (exact) mass is 697 g/mol. The van der Waals surface area contributed by atoms with Crippen molar-refractivity contribution < 1.29 is 32.9 Å². The van der Waals surface area contributed by atoms with E-state index in [0.717, 1.165) is 44.5 Å². The van der Waals surface area contributed by atoms with E-state index in [1.54, 1.807) is 37.4 Å². The molecule has 0 saturated carbocycles. The Morgan fingerprint density at radius 1 is 0.979 bits per heavy atom. The maximum atomic E-state index is 15.9. The van der Waals surface area contributed by atoms with Crippen molar-refractivity contribution in [3.63, 3.8) is 0 Å². The first-order valence-corrected chi connectivity index (χ1v) is 17.0. The average Bonchev–Trinajstić information content (AvgIpc) is 3.33. The zero-order valence-electron chi connectivity index (χ0n) is 27.2. The molecule has 3 fully saturated rings. The van der Waals surface area contributed by atoms with Crippen LogP contribution < -0.4 is 14.5 Å². The van der Waals surface area contributed by atoms with E-state index in [9.17, 15) is 9.59 Å². The van der Waals surface area contributed by atoms with Gasteiger partial charge in [-0.3, -0.25) is 4.79 Å². The second-order valence-electron chi connectivity index (χ2n) is 13.2. The van der Waals surface area contributed by atoms with Crippen molar-refractivity contribution in [3.8, 4) is 16.9 Å². The first-order valence-electron chi connectivity index (χ1n) is 16.2. The van der Waals surface area contributed by atoms with Crippen molar-refractivity contribution in [2.75, 3.05) is 57.1 Å². The Kier molecular flexibility index (Phi) is 8.95. The van der Waals surface area contributed by atoms with Gasteiger partial charge in [0, 0.05) is 42.6 Å². The van der Waals surface area contributed by atoms with Gasteiger partial charge in [0.05, 0.1) is 71.4 Å². The molecule has 2 bridgehead atoms. The largest absolute Gasteiger partial charge is 0.472 e. The molecule has 3 aromatic rings. The van der Waals surface area contributed by atoms with Crippen LogP contribution in [-0.4, -0.2) is 81.7 Å². The number of morpholine rings is 1. The molecule has 2 unspecified atom stereocenters. The van der Waals surface area contributed by atoms with Gasteiger partial charge in [-0.15, -0.1) is 0 Å². The molecule has 0 spiro atoms. The lowest BCUT2D eigenvalue weighted by atomic mass is 9.93. The lowest BCUT2D eigenvalue weighted by Gasteiger charge is -2.39. The summed E-state index contributed by atoms with van der Waals surface area (Å²) in [5.74, 6) is -1.06. The Labute approximate surface area is 289 Å². The van der Waals surface area contributed by atoms with E-state index in [4.69, 9.17) is 42.1 Å². The van der Waals surface area contributed by atoms with Crippen molar-refractivity contribution in [1.29, 1.82) is 0 Å². The molecule has 0 aliphatic carbocycles. The number of rotatable bonds is 6. The Hall–Kier alpha value is -3.57. The van der Waals surface area contributed by atoms with Crippen molar-refractivity contribution in [2.45, 2.75) is 56.8 Å². The van der Waals surface area contributed by atoms with Crippen LogP contribution in [0.4, 0.5) is 15.8 Å². The lowest BCUT2D eigenvalue weighted by Crippen LogP contribution is -2.46. The second-order valence-corrected chi connectivity index (χ2v) is 14.0. The van der Waals surface area contributed by atoms with E-state index in [1.807, 2.05) is 6.07 Å². The number of amides is 1. The number of anilines is 2. The number of carbonyl (C=O) groups excluding carboxylic acids is 2. The molecular formula is C36H38Cl2FN3O6. The predicted molar refractivity (Wildman–Crippen MR) is 182 cm³/mol. The number of piperidine rings is 1. The summed E-state index contributed by atoms with van der Waals surface area (Å²) >= 11 is 13.4. The van der Waals surface area contributed by atoms with Gasteiger partial charge in [-0.25, -0.2) is 9.18 Å². The number of ether oxygens (including phenoxy) is 4. The van der Waals surface area contributed by atoms with Gasteiger partial charge in [0.15, 0.2) is 6.73 Å². The number of halogens is 3. The van der Waals surface area contributed by atoms with Gasteiger partial charge in [0.25, 0.3) is 5.91 Å². The molecule has 7 rings (SSSR count).